The van der Waals surface area contributed by atoms with Crippen molar-refractivity contribution in [3.05, 3.63) is 29.3 Å². The van der Waals surface area contributed by atoms with Gasteiger partial charge in [0, 0.05) is 12.2 Å². The van der Waals surface area contributed by atoms with Crippen LogP contribution in [-0.4, -0.2) is 24.2 Å². The minimum atomic E-state index is -0.765. The monoisotopic (exact) mass is 191 g/mol. The molecule has 0 atom stereocenters. The van der Waals surface area contributed by atoms with E-state index in [1.807, 2.05) is 17.0 Å². The number of aliphatic carboxylic acids is 1. The Balaban J connectivity index is 2.26. The second-order valence-electron chi connectivity index (χ2n) is 3.70. The zero-order valence-electron chi connectivity index (χ0n) is 8.16. The molecular weight excluding hydrogens is 178 g/mol. The number of carboxylic acid groups (broad SMARTS) is 1. The Morgan fingerprint density at radius 2 is 2.36 bits per heavy atom. The van der Waals surface area contributed by atoms with Crippen molar-refractivity contribution in [1.29, 1.82) is 0 Å². The Labute approximate surface area is 83.0 Å². The Kier molecular flexibility index (Phi) is 2.15. The molecule has 0 bridgehead atoms. The summed E-state index contributed by atoms with van der Waals surface area (Å²) in [7, 11) is 0. The average molecular weight is 191 g/mol. The number of nitrogens with zero attached hydrogens (tertiary/aromatic N) is 1. The van der Waals surface area contributed by atoms with Crippen molar-refractivity contribution in [1.82, 2.24) is 0 Å². The highest BCUT2D eigenvalue weighted by Gasteiger charge is 2.20. The second-order valence-corrected chi connectivity index (χ2v) is 3.70. The lowest BCUT2D eigenvalue weighted by Gasteiger charge is -2.16. The van der Waals surface area contributed by atoms with Gasteiger partial charge in [-0.3, -0.25) is 4.79 Å². The number of hydrogen-bond acceptors (Lipinski definition) is 2. The summed E-state index contributed by atoms with van der Waals surface area (Å²) >= 11 is 0. The summed E-state index contributed by atoms with van der Waals surface area (Å²) in [6.45, 7) is 2.99. The summed E-state index contributed by atoms with van der Waals surface area (Å²) in [6, 6.07) is 6.18. The summed E-state index contributed by atoms with van der Waals surface area (Å²) in [5.41, 5.74) is 3.59. The zero-order chi connectivity index (χ0) is 10.1. The third kappa shape index (κ3) is 1.58. The van der Waals surface area contributed by atoms with Crippen LogP contribution in [0.25, 0.3) is 0 Å². The van der Waals surface area contributed by atoms with Gasteiger partial charge in [0.15, 0.2) is 0 Å². The van der Waals surface area contributed by atoms with Gasteiger partial charge >= 0.3 is 5.97 Å². The number of hydrogen-bond donors (Lipinski definition) is 1. The quantitative estimate of drug-likeness (QED) is 0.769. The molecule has 74 valence electrons. The fourth-order valence-corrected chi connectivity index (χ4v) is 1.93. The molecule has 0 fully saturated rings. The zero-order valence-corrected chi connectivity index (χ0v) is 8.16. The van der Waals surface area contributed by atoms with Crippen LogP contribution < -0.4 is 4.90 Å². The van der Waals surface area contributed by atoms with Crippen LogP contribution in [0.3, 0.4) is 0 Å². The minimum Gasteiger partial charge on any atom is -0.480 e. The van der Waals surface area contributed by atoms with E-state index in [9.17, 15) is 4.79 Å². The largest absolute Gasteiger partial charge is 0.480 e. The summed E-state index contributed by atoms with van der Waals surface area (Å²) in [6.07, 6.45) is 0.963. The lowest BCUT2D eigenvalue weighted by molar-refractivity contribution is -0.135. The van der Waals surface area contributed by atoms with Crippen LogP contribution in [-0.2, 0) is 11.2 Å². The van der Waals surface area contributed by atoms with Gasteiger partial charge in [0.05, 0.1) is 0 Å². The predicted octanol–water partition coefficient (Wildman–Crippen LogP) is 1.44. The SMILES string of the molecule is Cc1ccc2c(c1)CCN2CC(=O)O. The molecule has 3 heteroatoms. The first-order valence-corrected chi connectivity index (χ1v) is 4.73. The molecule has 1 aliphatic heterocycles. The summed E-state index contributed by atoms with van der Waals surface area (Å²) in [5, 5.41) is 8.71. The number of carbonyl (C=O) groups is 1. The molecule has 0 radical (unpaired) electrons. The molecule has 0 unspecified atom stereocenters. The van der Waals surface area contributed by atoms with Crippen LogP contribution in [0.15, 0.2) is 18.2 Å². The number of anilines is 1. The molecule has 0 spiro atoms. The van der Waals surface area contributed by atoms with E-state index in [0.717, 1.165) is 18.7 Å². The minimum absolute atomic E-state index is 0.107. The normalized spacial score (nSPS) is 14.2. The van der Waals surface area contributed by atoms with Gasteiger partial charge < -0.3 is 10.0 Å². The van der Waals surface area contributed by atoms with Gasteiger partial charge in [-0.2, -0.15) is 0 Å². The molecule has 1 heterocycles. The van der Waals surface area contributed by atoms with Crippen LogP contribution in [0, 0.1) is 6.92 Å². The predicted molar refractivity (Wildman–Crippen MR) is 54.7 cm³/mol. The molecule has 14 heavy (non-hydrogen) atoms. The van der Waals surface area contributed by atoms with E-state index in [-0.39, 0.29) is 6.54 Å². The molecule has 0 saturated heterocycles. The highest BCUT2D eigenvalue weighted by Crippen LogP contribution is 2.28. The fourth-order valence-electron chi connectivity index (χ4n) is 1.93. The van der Waals surface area contributed by atoms with E-state index < -0.39 is 5.97 Å². The summed E-state index contributed by atoms with van der Waals surface area (Å²) in [5.74, 6) is -0.765. The van der Waals surface area contributed by atoms with E-state index in [1.54, 1.807) is 0 Å². The number of benzene rings is 1. The van der Waals surface area contributed by atoms with Crippen molar-refractivity contribution in [2.24, 2.45) is 0 Å². The maximum absolute atomic E-state index is 10.6. The lowest BCUT2D eigenvalue weighted by Crippen LogP contribution is -2.27. The molecule has 0 aromatic heterocycles. The van der Waals surface area contributed by atoms with Gasteiger partial charge in [0.2, 0.25) is 0 Å². The lowest BCUT2D eigenvalue weighted by atomic mass is 10.1. The van der Waals surface area contributed by atoms with Gasteiger partial charge in [0.25, 0.3) is 0 Å². The van der Waals surface area contributed by atoms with E-state index in [4.69, 9.17) is 5.11 Å². The molecule has 0 aliphatic carbocycles. The molecule has 0 amide bonds. The average Bonchev–Trinajstić information content (AvgIpc) is 2.47. The summed E-state index contributed by atoms with van der Waals surface area (Å²) < 4.78 is 0. The van der Waals surface area contributed by atoms with Crippen LogP contribution in [0.5, 0.6) is 0 Å². The molecule has 1 aliphatic rings. The van der Waals surface area contributed by atoms with Crippen molar-refractivity contribution in [2.45, 2.75) is 13.3 Å². The van der Waals surface area contributed by atoms with Gasteiger partial charge in [-0.1, -0.05) is 17.7 Å². The maximum atomic E-state index is 10.6. The highest BCUT2D eigenvalue weighted by atomic mass is 16.4. The molecule has 1 aromatic rings. The van der Waals surface area contributed by atoms with Crippen molar-refractivity contribution in [3.8, 4) is 0 Å². The summed E-state index contributed by atoms with van der Waals surface area (Å²) in [4.78, 5) is 12.5. The number of rotatable bonds is 2. The topological polar surface area (TPSA) is 40.5 Å². The third-order valence-electron chi connectivity index (χ3n) is 2.55. The van der Waals surface area contributed by atoms with Gasteiger partial charge in [-0.25, -0.2) is 0 Å². The van der Waals surface area contributed by atoms with Crippen LogP contribution in [0.4, 0.5) is 5.69 Å². The van der Waals surface area contributed by atoms with Gasteiger partial charge in [0.1, 0.15) is 6.54 Å². The maximum Gasteiger partial charge on any atom is 0.323 e. The first-order valence-electron chi connectivity index (χ1n) is 4.73. The van der Waals surface area contributed by atoms with Crippen LogP contribution in [0.2, 0.25) is 0 Å². The first-order chi connectivity index (χ1) is 6.66. The molecular formula is C11H13NO2. The molecule has 1 aromatic carbocycles. The Hall–Kier alpha value is -1.51. The second kappa shape index (κ2) is 3.33. The third-order valence-corrected chi connectivity index (χ3v) is 2.55. The van der Waals surface area contributed by atoms with E-state index in [1.165, 1.54) is 11.1 Å². The Morgan fingerprint density at radius 3 is 3.07 bits per heavy atom. The highest BCUT2D eigenvalue weighted by molar-refractivity contribution is 5.75. The Morgan fingerprint density at radius 1 is 1.57 bits per heavy atom. The van der Waals surface area contributed by atoms with Gasteiger partial charge in [-0.15, -0.1) is 0 Å². The molecule has 1 N–H and O–H groups in total. The fraction of sp³-hybridized carbons (Fsp3) is 0.364. The number of carboxylic acids is 1. The van der Waals surface area contributed by atoms with E-state index >= 15 is 0 Å². The van der Waals surface area contributed by atoms with Crippen molar-refractivity contribution >= 4 is 11.7 Å². The molecule has 2 rings (SSSR count). The van der Waals surface area contributed by atoms with E-state index in [0.29, 0.717) is 0 Å². The van der Waals surface area contributed by atoms with Gasteiger partial charge in [-0.05, 0) is 25.0 Å². The van der Waals surface area contributed by atoms with Crippen molar-refractivity contribution in [2.75, 3.05) is 18.0 Å². The van der Waals surface area contributed by atoms with E-state index in [2.05, 4.69) is 13.0 Å². The van der Waals surface area contributed by atoms with Crippen molar-refractivity contribution in [3.63, 3.8) is 0 Å². The first kappa shape index (κ1) is 9.06. The van der Waals surface area contributed by atoms with Crippen LogP contribution >= 0.6 is 0 Å². The number of aryl methyl sites for hydroxylation is 1. The van der Waals surface area contributed by atoms with Crippen molar-refractivity contribution < 1.29 is 9.90 Å². The Bertz CT molecular complexity index is 374. The molecule has 0 saturated carbocycles. The number of fused-ring (bicyclic) bond motifs is 1. The smallest absolute Gasteiger partial charge is 0.323 e. The standard InChI is InChI=1S/C11H13NO2/c1-8-2-3-10-9(6-8)4-5-12(10)7-11(13)14/h2-3,6H,4-5,7H2,1H3,(H,13,14). The molecule has 3 nitrogen and oxygen atoms in total. The van der Waals surface area contributed by atoms with Crippen LogP contribution in [0.1, 0.15) is 11.1 Å².